The highest BCUT2D eigenvalue weighted by Crippen LogP contribution is 2.24. The number of hydrogen-bond acceptors (Lipinski definition) is 4. The molecule has 6 heteroatoms. The van der Waals surface area contributed by atoms with Crippen LogP contribution < -0.4 is 4.72 Å². The molecule has 1 heterocycles. The smallest absolute Gasteiger partial charge is 0.211 e. The van der Waals surface area contributed by atoms with Crippen LogP contribution in [-0.2, 0) is 10.0 Å². The summed E-state index contributed by atoms with van der Waals surface area (Å²) in [5.74, 6) is 0. The van der Waals surface area contributed by atoms with E-state index >= 15 is 0 Å². The van der Waals surface area contributed by atoms with E-state index in [1.807, 2.05) is 30.5 Å². The predicted octanol–water partition coefficient (Wildman–Crippen LogP) is 2.81. The molecule has 0 spiro atoms. The van der Waals surface area contributed by atoms with E-state index < -0.39 is 15.3 Å². The molecule has 0 radical (unpaired) electrons. The second kappa shape index (κ2) is 6.88. The fraction of sp³-hybridized carbons (Fsp3) is 0.583. The van der Waals surface area contributed by atoms with Gasteiger partial charge in [0.1, 0.15) is 0 Å². The van der Waals surface area contributed by atoms with Crippen LogP contribution in [0.2, 0.25) is 0 Å². The lowest BCUT2D eigenvalue weighted by Gasteiger charge is -2.18. The summed E-state index contributed by atoms with van der Waals surface area (Å²) < 4.78 is 26.7. The molecule has 18 heavy (non-hydrogen) atoms. The minimum absolute atomic E-state index is 0.220. The lowest BCUT2D eigenvalue weighted by atomic mass is 10.1. The molecule has 1 aromatic heterocycles. The number of hydrogen-bond donors (Lipinski definition) is 1. The normalized spacial score (nSPS) is 14.9. The molecule has 0 saturated carbocycles. The summed E-state index contributed by atoms with van der Waals surface area (Å²) in [6, 6.07) is 5.44. The first-order valence-electron chi connectivity index (χ1n) is 5.99. The molecule has 0 amide bonds. The molecule has 2 atom stereocenters. The Morgan fingerprint density at radius 1 is 1.50 bits per heavy atom. The Balaban J connectivity index is 2.88. The van der Waals surface area contributed by atoms with E-state index in [2.05, 4.69) is 4.72 Å². The SMILES string of the molecule is CCCC(NS(=O)(=O)C(C#N)CC)c1cccs1. The van der Waals surface area contributed by atoms with E-state index in [4.69, 9.17) is 5.26 Å². The van der Waals surface area contributed by atoms with Crippen LogP contribution in [0, 0.1) is 11.3 Å². The molecule has 100 valence electrons. The topological polar surface area (TPSA) is 70.0 Å². The Morgan fingerprint density at radius 3 is 2.67 bits per heavy atom. The quantitative estimate of drug-likeness (QED) is 0.838. The maximum absolute atomic E-state index is 12.0. The van der Waals surface area contributed by atoms with Gasteiger partial charge in [0.05, 0.1) is 12.1 Å². The third-order valence-corrected chi connectivity index (χ3v) is 5.45. The summed E-state index contributed by atoms with van der Waals surface area (Å²) in [5.41, 5.74) is 0. The van der Waals surface area contributed by atoms with Gasteiger partial charge in [-0.05, 0) is 24.3 Å². The number of rotatable bonds is 7. The standard InChI is InChI=1S/C12H18N2O2S2/c1-3-6-11(12-7-5-8-17-12)14-18(15,16)10(4-2)9-13/h5,7-8,10-11,14H,3-4,6H2,1-2H3. The Bertz CT molecular complexity index is 489. The van der Waals surface area contributed by atoms with Crippen LogP contribution >= 0.6 is 11.3 Å². The molecule has 0 bridgehead atoms. The largest absolute Gasteiger partial charge is 0.228 e. The number of thiophene rings is 1. The summed E-state index contributed by atoms with van der Waals surface area (Å²) >= 11 is 1.53. The van der Waals surface area contributed by atoms with E-state index in [1.54, 1.807) is 6.92 Å². The van der Waals surface area contributed by atoms with Gasteiger partial charge in [-0.15, -0.1) is 11.3 Å². The highest BCUT2D eigenvalue weighted by molar-refractivity contribution is 7.90. The van der Waals surface area contributed by atoms with E-state index in [0.29, 0.717) is 6.42 Å². The third-order valence-electron chi connectivity index (χ3n) is 2.66. The van der Waals surface area contributed by atoms with Gasteiger partial charge in [0.2, 0.25) is 10.0 Å². The van der Waals surface area contributed by atoms with Gasteiger partial charge < -0.3 is 0 Å². The van der Waals surface area contributed by atoms with Crippen molar-refractivity contribution in [2.24, 2.45) is 0 Å². The fourth-order valence-corrected chi connectivity index (χ4v) is 3.97. The zero-order chi connectivity index (χ0) is 13.6. The Kier molecular flexibility index (Phi) is 5.79. The summed E-state index contributed by atoms with van der Waals surface area (Å²) in [7, 11) is -3.57. The van der Waals surface area contributed by atoms with Gasteiger partial charge in [0.25, 0.3) is 0 Å². The zero-order valence-electron chi connectivity index (χ0n) is 10.6. The minimum Gasteiger partial charge on any atom is -0.211 e. The van der Waals surface area contributed by atoms with Crippen LogP contribution in [0.1, 0.15) is 44.0 Å². The van der Waals surface area contributed by atoms with Gasteiger partial charge in [-0.3, -0.25) is 0 Å². The molecule has 0 aliphatic heterocycles. The maximum atomic E-state index is 12.0. The van der Waals surface area contributed by atoms with E-state index in [9.17, 15) is 8.42 Å². The maximum Gasteiger partial charge on any atom is 0.228 e. The van der Waals surface area contributed by atoms with Crippen molar-refractivity contribution in [2.75, 3.05) is 0 Å². The fourth-order valence-electron chi connectivity index (χ4n) is 1.70. The highest BCUT2D eigenvalue weighted by atomic mass is 32.2. The molecular weight excluding hydrogens is 268 g/mol. The monoisotopic (exact) mass is 286 g/mol. The van der Waals surface area contributed by atoms with Crippen molar-refractivity contribution >= 4 is 21.4 Å². The molecule has 0 saturated heterocycles. The van der Waals surface area contributed by atoms with Crippen LogP contribution in [0.5, 0.6) is 0 Å². The second-order valence-corrected chi connectivity index (χ2v) is 6.92. The van der Waals surface area contributed by atoms with Crippen molar-refractivity contribution in [2.45, 2.75) is 44.4 Å². The Morgan fingerprint density at radius 2 is 2.22 bits per heavy atom. The van der Waals surface area contributed by atoms with Crippen LogP contribution in [0.25, 0.3) is 0 Å². The Hall–Kier alpha value is -0.900. The van der Waals surface area contributed by atoms with Crippen molar-refractivity contribution in [3.8, 4) is 6.07 Å². The average Bonchev–Trinajstić information content (AvgIpc) is 2.82. The lowest BCUT2D eigenvalue weighted by Crippen LogP contribution is -2.35. The number of sulfonamides is 1. The van der Waals surface area contributed by atoms with Crippen LogP contribution in [-0.4, -0.2) is 13.7 Å². The number of nitriles is 1. The third kappa shape index (κ3) is 3.80. The molecule has 1 aromatic rings. The molecule has 1 N–H and O–H groups in total. The summed E-state index contributed by atoms with van der Waals surface area (Å²) in [4.78, 5) is 0.994. The van der Waals surface area contributed by atoms with Gasteiger partial charge in [-0.2, -0.15) is 5.26 Å². The molecule has 2 unspecified atom stereocenters. The van der Waals surface area contributed by atoms with Gasteiger partial charge >= 0.3 is 0 Å². The highest BCUT2D eigenvalue weighted by Gasteiger charge is 2.27. The molecule has 1 rings (SSSR count). The van der Waals surface area contributed by atoms with Crippen molar-refractivity contribution in [3.05, 3.63) is 22.4 Å². The first kappa shape index (κ1) is 15.2. The first-order valence-corrected chi connectivity index (χ1v) is 8.41. The van der Waals surface area contributed by atoms with Crippen LogP contribution in [0.3, 0.4) is 0 Å². The van der Waals surface area contributed by atoms with Crippen LogP contribution in [0.15, 0.2) is 17.5 Å². The Labute approximate surface area is 113 Å². The first-order chi connectivity index (χ1) is 8.55. The molecule has 0 fully saturated rings. The minimum atomic E-state index is -3.57. The number of nitrogens with one attached hydrogen (secondary N) is 1. The molecule has 0 aromatic carbocycles. The van der Waals surface area contributed by atoms with Gasteiger partial charge in [-0.25, -0.2) is 13.1 Å². The predicted molar refractivity (Wildman–Crippen MR) is 73.7 cm³/mol. The van der Waals surface area contributed by atoms with Gasteiger partial charge in [-0.1, -0.05) is 26.3 Å². The lowest BCUT2D eigenvalue weighted by molar-refractivity contribution is 0.533. The summed E-state index contributed by atoms with van der Waals surface area (Å²) in [6.45, 7) is 3.71. The molecule has 0 aliphatic rings. The average molecular weight is 286 g/mol. The number of nitrogens with zero attached hydrogens (tertiary/aromatic N) is 1. The zero-order valence-corrected chi connectivity index (χ0v) is 12.2. The molecular formula is C12H18N2O2S2. The van der Waals surface area contributed by atoms with E-state index in [0.717, 1.165) is 17.7 Å². The van der Waals surface area contributed by atoms with Crippen molar-refractivity contribution in [3.63, 3.8) is 0 Å². The van der Waals surface area contributed by atoms with Gasteiger partial charge in [0, 0.05) is 4.88 Å². The molecule has 4 nitrogen and oxygen atoms in total. The van der Waals surface area contributed by atoms with Crippen LogP contribution in [0.4, 0.5) is 0 Å². The van der Waals surface area contributed by atoms with Crippen molar-refractivity contribution < 1.29 is 8.42 Å². The van der Waals surface area contributed by atoms with Crippen molar-refractivity contribution in [1.29, 1.82) is 5.26 Å². The molecule has 0 aliphatic carbocycles. The van der Waals surface area contributed by atoms with E-state index in [1.165, 1.54) is 11.3 Å². The van der Waals surface area contributed by atoms with Crippen molar-refractivity contribution in [1.82, 2.24) is 4.72 Å². The second-order valence-electron chi connectivity index (χ2n) is 4.05. The summed E-state index contributed by atoms with van der Waals surface area (Å²) in [6.07, 6.45) is 1.92. The van der Waals surface area contributed by atoms with E-state index in [-0.39, 0.29) is 6.04 Å². The summed E-state index contributed by atoms with van der Waals surface area (Å²) in [5, 5.41) is 9.82. The van der Waals surface area contributed by atoms with Gasteiger partial charge in [0.15, 0.2) is 5.25 Å².